The van der Waals surface area contributed by atoms with Crippen LogP contribution in [0, 0.1) is 24.2 Å². The number of hydrogen-bond acceptors (Lipinski definition) is 4. The van der Waals surface area contributed by atoms with Crippen LogP contribution in [-0.4, -0.2) is 24.7 Å². The van der Waals surface area contributed by atoms with Crippen LogP contribution in [-0.2, 0) is 10.1 Å². The van der Waals surface area contributed by atoms with Crippen molar-refractivity contribution >= 4 is 10.1 Å². The predicted octanol–water partition coefficient (Wildman–Crippen LogP) is 3.26. The Labute approximate surface area is 139 Å². The molecule has 5 heteroatoms. The van der Waals surface area contributed by atoms with Gasteiger partial charge in [0.05, 0.1) is 4.90 Å². The van der Waals surface area contributed by atoms with Crippen LogP contribution in [0.2, 0.25) is 0 Å². The molecule has 128 valence electrons. The molecule has 2 bridgehead atoms. The molecule has 1 saturated carbocycles. The van der Waals surface area contributed by atoms with E-state index in [1.54, 1.807) is 12.1 Å². The van der Waals surface area contributed by atoms with E-state index in [0.29, 0.717) is 12.0 Å². The SMILES string of the molecule is CC1(C)C2CC=C(CCO)C1C2.Cc1ccc(S(=O)(=O)[O-])cc1. The van der Waals surface area contributed by atoms with Gasteiger partial charge in [0.25, 0.3) is 0 Å². The summed E-state index contributed by atoms with van der Waals surface area (Å²) in [5, 5.41) is 8.88. The number of rotatable bonds is 3. The summed E-state index contributed by atoms with van der Waals surface area (Å²) in [5.41, 5.74) is 2.97. The molecule has 0 heterocycles. The van der Waals surface area contributed by atoms with Gasteiger partial charge in [0, 0.05) is 6.61 Å². The lowest BCUT2D eigenvalue weighted by Crippen LogP contribution is -2.48. The summed E-state index contributed by atoms with van der Waals surface area (Å²) in [6, 6.07) is 5.78. The molecule has 4 rings (SSSR count). The number of aliphatic hydroxyl groups excluding tert-OH is 1. The molecule has 23 heavy (non-hydrogen) atoms. The third-order valence-electron chi connectivity index (χ3n) is 5.29. The van der Waals surface area contributed by atoms with Crippen molar-refractivity contribution in [3.8, 4) is 0 Å². The Hall–Kier alpha value is -1.17. The van der Waals surface area contributed by atoms with E-state index < -0.39 is 10.1 Å². The lowest BCUT2D eigenvalue weighted by atomic mass is 9.48. The highest BCUT2D eigenvalue weighted by molar-refractivity contribution is 7.85. The van der Waals surface area contributed by atoms with E-state index in [-0.39, 0.29) is 4.90 Å². The van der Waals surface area contributed by atoms with Gasteiger partial charge in [0.15, 0.2) is 0 Å². The van der Waals surface area contributed by atoms with Crippen molar-refractivity contribution in [2.75, 3.05) is 6.61 Å². The second kappa shape index (κ2) is 6.75. The number of fused-ring (bicyclic) bond motifs is 1. The molecule has 0 spiro atoms. The highest BCUT2D eigenvalue weighted by Gasteiger charge is 2.50. The summed E-state index contributed by atoms with van der Waals surface area (Å²) in [5.74, 6) is 1.70. The molecule has 0 saturated heterocycles. The average Bonchev–Trinajstić information content (AvgIpc) is 2.47. The van der Waals surface area contributed by atoms with E-state index >= 15 is 0 Å². The maximum absolute atomic E-state index is 10.4. The van der Waals surface area contributed by atoms with Crippen LogP contribution in [0.15, 0.2) is 40.8 Å². The number of aryl methyl sites for hydroxylation is 1. The summed E-state index contributed by atoms with van der Waals surface area (Å²) >= 11 is 0. The largest absolute Gasteiger partial charge is 0.744 e. The lowest BCUT2D eigenvalue weighted by molar-refractivity contribution is -0.00943. The van der Waals surface area contributed by atoms with Crippen LogP contribution in [0.1, 0.15) is 38.7 Å². The predicted molar refractivity (Wildman–Crippen MR) is 88.9 cm³/mol. The van der Waals surface area contributed by atoms with E-state index in [4.69, 9.17) is 5.11 Å². The van der Waals surface area contributed by atoms with Gasteiger partial charge >= 0.3 is 0 Å². The van der Waals surface area contributed by atoms with E-state index in [0.717, 1.165) is 23.8 Å². The molecule has 0 radical (unpaired) electrons. The van der Waals surface area contributed by atoms with Gasteiger partial charge in [-0.3, -0.25) is 0 Å². The molecule has 3 aliphatic carbocycles. The van der Waals surface area contributed by atoms with E-state index in [9.17, 15) is 13.0 Å². The van der Waals surface area contributed by atoms with Crippen LogP contribution in [0.4, 0.5) is 0 Å². The summed E-state index contributed by atoms with van der Waals surface area (Å²) in [6.45, 7) is 6.89. The zero-order valence-electron chi connectivity index (χ0n) is 14.0. The first-order valence-corrected chi connectivity index (χ1v) is 9.39. The van der Waals surface area contributed by atoms with Gasteiger partial charge in [0.1, 0.15) is 10.1 Å². The van der Waals surface area contributed by atoms with Crippen LogP contribution in [0.3, 0.4) is 0 Å². The van der Waals surface area contributed by atoms with Crippen molar-refractivity contribution in [3.05, 3.63) is 41.5 Å². The van der Waals surface area contributed by atoms with Gasteiger partial charge in [-0.05, 0) is 55.6 Å². The van der Waals surface area contributed by atoms with Crippen LogP contribution >= 0.6 is 0 Å². The Morgan fingerprint density at radius 2 is 1.87 bits per heavy atom. The smallest absolute Gasteiger partial charge is 0.124 e. The molecular formula is C18H25O4S-. The van der Waals surface area contributed by atoms with Crippen molar-refractivity contribution in [2.45, 2.75) is 44.9 Å². The Kier molecular flexibility index (Phi) is 5.33. The van der Waals surface area contributed by atoms with Gasteiger partial charge in [-0.25, -0.2) is 8.42 Å². The molecule has 1 aromatic rings. The number of allylic oxidation sites excluding steroid dienone is 1. The fourth-order valence-corrected chi connectivity index (χ4v) is 4.06. The first-order valence-electron chi connectivity index (χ1n) is 7.98. The first-order chi connectivity index (χ1) is 10.7. The first kappa shape index (κ1) is 18.2. The Morgan fingerprint density at radius 1 is 1.26 bits per heavy atom. The molecule has 3 aliphatic rings. The van der Waals surface area contributed by atoms with Crippen molar-refractivity contribution < 1.29 is 18.1 Å². The molecule has 0 aromatic heterocycles. The molecular weight excluding hydrogens is 312 g/mol. The molecule has 2 unspecified atom stereocenters. The van der Waals surface area contributed by atoms with Crippen LogP contribution < -0.4 is 0 Å². The Balaban J connectivity index is 0.000000168. The van der Waals surface area contributed by atoms with Crippen LogP contribution in [0.25, 0.3) is 0 Å². The monoisotopic (exact) mass is 337 g/mol. The summed E-state index contributed by atoms with van der Waals surface area (Å²) < 4.78 is 31.2. The Morgan fingerprint density at radius 3 is 2.30 bits per heavy atom. The molecule has 0 aliphatic heterocycles. The van der Waals surface area contributed by atoms with Crippen molar-refractivity contribution in [3.63, 3.8) is 0 Å². The average molecular weight is 337 g/mol. The maximum atomic E-state index is 10.4. The molecule has 1 fully saturated rings. The van der Waals surface area contributed by atoms with Gasteiger partial charge in [-0.15, -0.1) is 0 Å². The number of aliphatic hydroxyl groups is 1. The molecule has 2 atom stereocenters. The lowest BCUT2D eigenvalue weighted by Gasteiger charge is -2.56. The summed E-state index contributed by atoms with van der Waals surface area (Å²) in [7, 11) is -4.27. The highest BCUT2D eigenvalue weighted by atomic mass is 32.2. The van der Waals surface area contributed by atoms with Crippen LogP contribution in [0.5, 0.6) is 0 Å². The summed E-state index contributed by atoms with van der Waals surface area (Å²) in [6.07, 6.45) is 5.89. The maximum Gasteiger partial charge on any atom is 0.124 e. The fourth-order valence-electron chi connectivity index (χ4n) is 3.59. The fraction of sp³-hybridized carbons (Fsp3) is 0.556. The minimum Gasteiger partial charge on any atom is -0.744 e. The molecule has 1 aromatic carbocycles. The van der Waals surface area contributed by atoms with Crippen molar-refractivity contribution in [2.24, 2.45) is 17.3 Å². The number of benzene rings is 1. The Bertz CT molecular complexity index is 671. The third-order valence-corrected chi connectivity index (χ3v) is 6.14. The molecule has 1 N–H and O–H groups in total. The van der Waals surface area contributed by atoms with Gasteiger partial charge in [-0.1, -0.05) is 43.2 Å². The third kappa shape index (κ3) is 4.03. The van der Waals surface area contributed by atoms with Gasteiger partial charge in [-0.2, -0.15) is 0 Å². The minimum atomic E-state index is -4.27. The minimum absolute atomic E-state index is 0.178. The summed E-state index contributed by atoms with van der Waals surface area (Å²) in [4.78, 5) is -0.178. The quantitative estimate of drug-likeness (QED) is 0.678. The molecule has 0 amide bonds. The van der Waals surface area contributed by atoms with E-state index in [1.807, 2.05) is 6.92 Å². The zero-order chi connectivity index (χ0) is 17.3. The normalized spacial score (nSPS) is 24.8. The van der Waals surface area contributed by atoms with Gasteiger partial charge in [0.2, 0.25) is 0 Å². The topological polar surface area (TPSA) is 77.4 Å². The van der Waals surface area contributed by atoms with E-state index in [2.05, 4.69) is 19.9 Å². The highest BCUT2D eigenvalue weighted by Crippen LogP contribution is 2.59. The second-order valence-electron chi connectivity index (χ2n) is 7.06. The standard InChI is InChI=1S/C11H18O.C7H8O3S/c1-11(2)9-4-3-8(5-6-12)10(11)7-9;1-6-2-4-7(5-3-6)11(8,9)10/h3,9-10,12H,4-7H2,1-2H3;2-5H,1H3,(H,8,9,10)/p-1. The van der Waals surface area contributed by atoms with Crippen molar-refractivity contribution in [1.82, 2.24) is 0 Å². The van der Waals surface area contributed by atoms with Gasteiger partial charge < -0.3 is 9.66 Å². The van der Waals surface area contributed by atoms with E-state index in [1.165, 1.54) is 30.5 Å². The number of hydrogen-bond donors (Lipinski definition) is 1. The van der Waals surface area contributed by atoms with Crippen molar-refractivity contribution in [1.29, 1.82) is 0 Å². The zero-order valence-corrected chi connectivity index (χ0v) is 14.8. The second-order valence-corrected chi connectivity index (χ2v) is 8.44. The molecule has 4 nitrogen and oxygen atoms in total.